The van der Waals surface area contributed by atoms with Gasteiger partial charge in [0, 0.05) is 30.4 Å². The molecule has 1 atom stereocenters. The van der Waals surface area contributed by atoms with Gasteiger partial charge in [-0.2, -0.15) is 0 Å². The highest BCUT2D eigenvalue weighted by Gasteiger charge is 2.49. The lowest BCUT2D eigenvalue weighted by Gasteiger charge is -2.30. The lowest BCUT2D eigenvalue weighted by molar-refractivity contribution is -0.141. The number of aromatic amines is 1. The van der Waals surface area contributed by atoms with E-state index in [1.165, 1.54) is 4.90 Å². The molecule has 186 valence electrons. The average molecular weight is 513 g/mol. The van der Waals surface area contributed by atoms with Crippen molar-refractivity contribution in [2.75, 3.05) is 6.54 Å². The van der Waals surface area contributed by atoms with E-state index in [9.17, 15) is 14.7 Å². The molecule has 1 aliphatic heterocycles. The quantitative estimate of drug-likeness (QED) is 0.418. The van der Waals surface area contributed by atoms with Crippen LogP contribution >= 0.6 is 11.6 Å². The maximum absolute atomic E-state index is 13.2. The molecule has 2 aromatic heterocycles. The molecule has 2 N–H and O–H groups in total. The smallest absolute Gasteiger partial charge is 0.256 e. The van der Waals surface area contributed by atoms with Gasteiger partial charge in [0.25, 0.3) is 11.5 Å². The summed E-state index contributed by atoms with van der Waals surface area (Å²) in [6, 6.07) is 18.9. The number of pyridine rings is 1. The molecule has 4 aromatic rings. The van der Waals surface area contributed by atoms with Gasteiger partial charge in [0.15, 0.2) is 6.10 Å². The Balaban J connectivity index is 1.27. The number of hydrogen-bond donors (Lipinski definition) is 2. The molecular weight excluding hydrogens is 488 g/mol. The predicted octanol–water partition coefficient (Wildman–Crippen LogP) is 4.18. The SMILES string of the molecule is O=C([C@H](O)c1cccc(Cl)c1)N1CCc2nc(C3(c4cccc(-c5cccnc5)c4)CC3)[nH]c(=O)c2C1. The van der Waals surface area contributed by atoms with Crippen molar-refractivity contribution in [1.29, 1.82) is 0 Å². The molecule has 1 fully saturated rings. The molecule has 7 nitrogen and oxygen atoms in total. The molecule has 2 aromatic carbocycles. The van der Waals surface area contributed by atoms with Crippen molar-refractivity contribution < 1.29 is 9.90 Å². The van der Waals surface area contributed by atoms with Gasteiger partial charge in [0.05, 0.1) is 23.2 Å². The summed E-state index contributed by atoms with van der Waals surface area (Å²) in [6.45, 7) is 0.487. The number of aliphatic hydroxyl groups is 1. The number of aromatic nitrogens is 3. The maximum atomic E-state index is 13.2. The first-order valence-corrected chi connectivity index (χ1v) is 12.7. The molecule has 6 rings (SSSR count). The van der Waals surface area contributed by atoms with Gasteiger partial charge in [-0.05, 0) is 53.3 Å². The molecule has 8 heteroatoms. The highest BCUT2D eigenvalue weighted by molar-refractivity contribution is 6.30. The first kappa shape index (κ1) is 23.6. The highest BCUT2D eigenvalue weighted by Crippen LogP contribution is 2.52. The van der Waals surface area contributed by atoms with Crippen LogP contribution in [-0.2, 0) is 23.2 Å². The van der Waals surface area contributed by atoms with Crippen molar-refractivity contribution in [3.8, 4) is 11.1 Å². The number of amides is 1. The standard InChI is InChI=1S/C29H25ClN4O3/c30-22-8-2-5-19(15-22)25(35)27(37)34-13-9-24-23(17-34)26(36)33-28(32-24)29(10-11-29)21-7-1-4-18(14-21)20-6-3-12-31-16-20/h1-8,12,14-16,25,35H,9-11,13,17H2,(H,32,33,36)/t25-/m1/s1. The fourth-order valence-electron chi connectivity index (χ4n) is 5.15. The summed E-state index contributed by atoms with van der Waals surface area (Å²) in [5, 5.41) is 11.1. The van der Waals surface area contributed by atoms with Crippen molar-refractivity contribution >= 4 is 17.5 Å². The molecule has 37 heavy (non-hydrogen) atoms. The van der Waals surface area contributed by atoms with Crippen molar-refractivity contribution in [3.05, 3.63) is 117 Å². The van der Waals surface area contributed by atoms with Gasteiger partial charge in [0.2, 0.25) is 0 Å². The largest absolute Gasteiger partial charge is 0.378 e. The zero-order valence-electron chi connectivity index (χ0n) is 20.0. The molecule has 0 radical (unpaired) electrons. The van der Waals surface area contributed by atoms with Crippen LogP contribution < -0.4 is 5.56 Å². The average Bonchev–Trinajstić information content (AvgIpc) is 3.75. The summed E-state index contributed by atoms with van der Waals surface area (Å²) in [5.74, 6) is 0.223. The van der Waals surface area contributed by atoms with Crippen LogP contribution in [0.1, 0.15) is 47.2 Å². The van der Waals surface area contributed by atoms with Gasteiger partial charge in [-0.25, -0.2) is 4.98 Å². The Morgan fingerprint density at radius 1 is 1.08 bits per heavy atom. The molecule has 0 spiro atoms. The van der Waals surface area contributed by atoms with E-state index in [-0.39, 0.29) is 17.5 Å². The van der Waals surface area contributed by atoms with Crippen LogP contribution in [0.2, 0.25) is 5.02 Å². The molecule has 0 bridgehead atoms. The molecule has 0 saturated heterocycles. The van der Waals surface area contributed by atoms with Crippen LogP contribution in [-0.4, -0.2) is 37.4 Å². The summed E-state index contributed by atoms with van der Waals surface area (Å²) >= 11 is 6.02. The van der Waals surface area contributed by atoms with Gasteiger partial charge in [-0.3, -0.25) is 14.6 Å². The van der Waals surface area contributed by atoms with Crippen LogP contribution in [0.25, 0.3) is 11.1 Å². The number of nitrogens with one attached hydrogen (secondary N) is 1. The normalized spacial score (nSPS) is 16.6. The molecule has 1 amide bonds. The van der Waals surface area contributed by atoms with Gasteiger partial charge in [-0.1, -0.05) is 54.1 Å². The topological polar surface area (TPSA) is 99.2 Å². The minimum atomic E-state index is -1.34. The van der Waals surface area contributed by atoms with E-state index in [1.807, 2.05) is 24.4 Å². The zero-order chi connectivity index (χ0) is 25.6. The number of carbonyl (C=O) groups excluding carboxylic acids is 1. The minimum absolute atomic E-state index is 0.109. The Bertz CT molecular complexity index is 1550. The number of carbonyl (C=O) groups is 1. The second-order valence-corrected chi connectivity index (χ2v) is 10.1. The molecule has 1 saturated carbocycles. The summed E-state index contributed by atoms with van der Waals surface area (Å²) < 4.78 is 0. The fraction of sp³-hybridized carbons (Fsp3) is 0.241. The fourth-order valence-corrected chi connectivity index (χ4v) is 5.35. The van der Waals surface area contributed by atoms with Crippen molar-refractivity contribution in [2.45, 2.75) is 37.3 Å². The Hall–Kier alpha value is -3.81. The third-order valence-electron chi connectivity index (χ3n) is 7.39. The van der Waals surface area contributed by atoms with E-state index in [2.05, 4.69) is 28.2 Å². The summed E-state index contributed by atoms with van der Waals surface area (Å²) in [4.78, 5) is 39.9. The van der Waals surface area contributed by atoms with E-state index < -0.39 is 12.0 Å². The first-order valence-electron chi connectivity index (χ1n) is 12.3. The number of benzene rings is 2. The van der Waals surface area contributed by atoms with Crippen LogP contribution in [0.15, 0.2) is 77.9 Å². The Morgan fingerprint density at radius 3 is 2.65 bits per heavy atom. The van der Waals surface area contributed by atoms with Crippen molar-refractivity contribution in [2.24, 2.45) is 0 Å². The van der Waals surface area contributed by atoms with Gasteiger partial charge >= 0.3 is 0 Å². The summed E-state index contributed by atoms with van der Waals surface area (Å²) in [6.07, 6.45) is 4.52. The maximum Gasteiger partial charge on any atom is 0.256 e. The van der Waals surface area contributed by atoms with Gasteiger partial charge < -0.3 is 15.0 Å². The predicted molar refractivity (Wildman–Crippen MR) is 140 cm³/mol. The van der Waals surface area contributed by atoms with Crippen molar-refractivity contribution in [3.63, 3.8) is 0 Å². The number of halogens is 1. The Kier molecular flexibility index (Phi) is 5.89. The van der Waals surface area contributed by atoms with E-state index >= 15 is 0 Å². The van der Waals surface area contributed by atoms with Crippen LogP contribution in [0, 0.1) is 0 Å². The first-order chi connectivity index (χ1) is 17.9. The van der Waals surface area contributed by atoms with Crippen molar-refractivity contribution in [1.82, 2.24) is 19.9 Å². The highest BCUT2D eigenvalue weighted by atomic mass is 35.5. The molecule has 3 heterocycles. The third-order valence-corrected chi connectivity index (χ3v) is 7.63. The number of fused-ring (bicyclic) bond motifs is 1. The summed E-state index contributed by atoms with van der Waals surface area (Å²) in [7, 11) is 0. The van der Waals surface area contributed by atoms with E-state index in [4.69, 9.17) is 16.6 Å². The van der Waals surface area contributed by atoms with Crippen LogP contribution in [0.4, 0.5) is 0 Å². The van der Waals surface area contributed by atoms with E-state index in [0.717, 1.165) is 35.2 Å². The number of hydrogen-bond acceptors (Lipinski definition) is 5. The molecule has 2 aliphatic rings. The zero-order valence-corrected chi connectivity index (χ0v) is 20.8. The van der Waals surface area contributed by atoms with Gasteiger partial charge in [-0.15, -0.1) is 0 Å². The lowest BCUT2D eigenvalue weighted by Crippen LogP contribution is -2.42. The lowest BCUT2D eigenvalue weighted by atomic mass is 9.91. The van der Waals surface area contributed by atoms with Gasteiger partial charge in [0.1, 0.15) is 5.82 Å². The number of aliphatic hydroxyl groups excluding tert-OH is 1. The number of H-pyrrole nitrogens is 1. The van der Waals surface area contributed by atoms with Crippen LogP contribution in [0.5, 0.6) is 0 Å². The molecule has 0 unspecified atom stereocenters. The molecule has 1 aliphatic carbocycles. The van der Waals surface area contributed by atoms with Crippen LogP contribution in [0.3, 0.4) is 0 Å². The second kappa shape index (κ2) is 9.25. The Labute approximate surface area is 218 Å². The van der Waals surface area contributed by atoms with E-state index in [0.29, 0.717) is 34.9 Å². The van der Waals surface area contributed by atoms with E-state index in [1.54, 1.807) is 30.5 Å². The number of rotatable bonds is 5. The minimum Gasteiger partial charge on any atom is -0.378 e. The third kappa shape index (κ3) is 4.34. The Morgan fingerprint density at radius 2 is 1.89 bits per heavy atom. The summed E-state index contributed by atoms with van der Waals surface area (Å²) in [5.41, 5.74) is 4.30. The monoisotopic (exact) mass is 512 g/mol. The number of nitrogens with zero attached hydrogens (tertiary/aromatic N) is 3. The second-order valence-electron chi connectivity index (χ2n) is 9.71. The molecular formula is C29H25ClN4O3.